The predicted octanol–water partition coefficient (Wildman–Crippen LogP) is 4.76. The highest BCUT2D eigenvalue weighted by Gasteiger charge is 2.17. The van der Waals surface area contributed by atoms with Crippen molar-refractivity contribution in [3.8, 4) is 33.9 Å². The van der Waals surface area contributed by atoms with Gasteiger partial charge in [-0.05, 0) is 30.3 Å². The molecule has 0 aliphatic rings. The highest BCUT2D eigenvalue weighted by Crippen LogP contribution is 2.32. The van der Waals surface area contributed by atoms with Crippen molar-refractivity contribution in [1.29, 1.82) is 0 Å². The second-order valence-corrected chi connectivity index (χ2v) is 7.05. The van der Waals surface area contributed by atoms with Crippen LogP contribution in [-0.4, -0.2) is 35.1 Å². The normalized spacial score (nSPS) is 11.4. The molecule has 0 amide bonds. The molecule has 0 saturated carbocycles. The molecule has 5 aromatic heterocycles. The molecule has 1 aromatic carbocycles. The predicted molar refractivity (Wildman–Crippen MR) is 115 cm³/mol. The quantitative estimate of drug-likeness (QED) is 0.441. The smallest absolute Gasteiger partial charge is 0.178 e. The molecule has 6 rings (SSSR count). The summed E-state index contributed by atoms with van der Waals surface area (Å²) in [5, 5.41) is 8.31. The maximum absolute atomic E-state index is 14.4. The van der Waals surface area contributed by atoms with E-state index in [9.17, 15) is 4.39 Å². The van der Waals surface area contributed by atoms with E-state index in [1.165, 1.54) is 6.07 Å². The van der Waals surface area contributed by atoms with Crippen molar-refractivity contribution in [2.45, 2.75) is 0 Å². The van der Waals surface area contributed by atoms with Crippen LogP contribution in [0.5, 0.6) is 0 Å². The minimum absolute atomic E-state index is 0.301. The Morgan fingerprint density at radius 3 is 2.61 bits per heavy atom. The lowest BCUT2D eigenvalue weighted by Crippen LogP contribution is -1.87. The molecule has 0 unspecified atom stereocenters. The third-order valence-electron chi connectivity index (χ3n) is 5.20. The topological polar surface area (TPSA) is 96.0 Å². The molecule has 0 aliphatic carbocycles. The van der Waals surface area contributed by atoms with Crippen molar-refractivity contribution in [2.75, 3.05) is 0 Å². The molecule has 148 valence electrons. The standard InChI is InChI=1S/C23H14FN7/c24-17-4-2-1-3-14(17)15-7-10-26-22-20(15)28-23(29-22)21-16-11-18(13-5-8-25-9-6-13)27-12-19(16)30-31-21/h1-12H,(H,30,31)(H,26,28,29). The molecule has 7 nitrogen and oxygen atoms in total. The first-order chi connectivity index (χ1) is 15.3. The Balaban J connectivity index is 1.53. The average Bonchev–Trinajstić information content (AvgIpc) is 3.43. The van der Waals surface area contributed by atoms with Gasteiger partial charge in [0, 0.05) is 40.7 Å². The first-order valence-electron chi connectivity index (χ1n) is 9.62. The van der Waals surface area contributed by atoms with Gasteiger partial charge >= 0.3 is 0 Å². The number of benzene rings is 1. The number of aromatic nitrogens is 7. The first kappa shape index (κ1) is 17.4. The molecule has 0 bridgehead atoms. The monoisotopic (exact) mass is 407 g/mol. The number of H-pyrrole nitrogens is 2. The van der Waals surface area contributed by atoms with Crippen LogP contribution in [-0.2, 0) is 0 Å². The van der Waals surface area contributed by atoms with Crippen LogP contribution < -0.4 is 0 Å². The number of nitrogens with one attached hydrogen (secondary N) is 2. The van der Waals surface area contributed by atoms with Gasteiger partial charge in [-0.1, -0.05) is 18.2 Å². The van der Waals surface area contributed by atoms with E-state index in [2.05, 4.69) is 35.1 Å². The molecular formula is C23H14FN7. The van der Waals surface area contributed by atoms with Gasteiger partial charge in [-0.25, -0.2) is 14.4 Å². The summed E-state index contributed by atoms with van der Waals surface area (Å²) in [7, 11) is 0. The highest BCUT2D eigenvalue weighted by molar-refractivity contribution is 5.96. The van der Waals surface area contributed by atoms with Crippen LogP contribution >= 0.6 is 0 Å². The number of rotatable bonds is 3. The fourth-order valence-electron chi connectivity index (χ4n) is 3.71. The van der Waals surface area contributed by atoms with E-state index in [0.29, 0.717) is 33.8 Å². The number of fused-ring (bicyclic) bond motifs is 2. The summed E-state index contributed by atoms with van der Waals surface area (Å²) in [5.41, 5.74) is 5.52. The lowest BCUT2D eigenvalue weighted by Gasteiger charge is -2.03. The molecule has 0 atom stereocenters. The summed E-state index contributed by atoms with van der Waals surface area (Å²) in [6.07, 6.45) is 6.83. The molecule has 0 saturated heterocycles. The Morgan fingerprint density at radius 1 is 0.871 bits per heavy atom. The maximum Gasteiger partial charge on any atom is 0.178 e. The second kappa shape index (κ2) is 6.81. The zero-order valence-electron chi connectivity index (χ0n) is 16.0. The molecule has 6 aromatic rings. The lowest BCUT2D eigenvalue weighted by atomic mass is 10.1. The van der Waals surface area contributed by atoms with Gasteiger partial charge in [-0.2, -0.15) is 5.10 Å². The van der Waals surface area contributed by atoms with Gasteiger partial charge in [-0.3, -0.25) is 15.1 Å². The van der Waals surface area contributed by atoms with Gasteiger partial charge in [0.05, 0.1) is 22.9 Å². The van der Waals surface area contributed by atoms with Crippen LogP contribution in [0.1, 0.15) is 0 Å². The van der Waals surface area contributed by atoms with Crippen molar-refractivity contribution in [1.82, 2.24) is 35.1 Å². The van der Waals surface area contributed by atoms with Gasteiger partial charge < -0.3 is 4.98 Å². The van der Waals surface area contributed by atoms with E-state index in [0.717, 1.165) is 22.2 Å². The Bertz CT molecular complexity index is 1550. The van der Waals surface area contributed by atoms with Crippen molar-refractivity contribution in [3.05, 3.63) is 79.1 Å². The maximum atomic E-state index is 14.4. The molecule has 0 spiro atoms. The van der Waals surface area contributed by atoms with Crippen LogP contribution in [0, 0.1) is 5.82 Å². The first-order valence-corrected chi connectivity index (χ1v) is 9.62. The third-order valence-corrected chi connectivity index (χ3v) is 5.20. The largest absolute Gasteiger partial charge is 0.335 e. The van der Waals surface area contributed by atoms with Crippen LogP contribution in [0.4, 0.5) is 4.39 Å². The van der Waals surface area contributed by atoms with E-state index in [-0.39, 0.29) is 5.82 Å². The molecule has 0 aliphatic heterocycles. The minimum Gasteiger partial charge on any atom is -0.335 e. The number of imidazole rings is 1. The van der Waals surface area contributed by atoms with E-state index < -0.39 is 0 Å². The fourth-order valence-corrected chi connectivity index (χ4v) is 3.71. The molecule has 2 N–H and O–H groups in total. The molecule has 0 radical (unpaired) electrons. The van der Waals surface area contributed by atoms with E-state index in [4.69, 9.17) is 0 Å². The Morgan fingerprint density at radius 2 is 1.74 bits per heavy atom. The number of hydrogen-bond acceptors (Lipinski definition) is 5. The van der Waals surface area contributed by atoms with Crippen molar-refractivity contribution < 1.29 is 4.39 Å². The van der Waals surface area contributed by atoms with Crippen molar-refractivity contribution >= 4 is 22.1 Å². The summed E-state index contributed by atoms with van der Waals surface area (Å²) < 4.78 is 14.4. The molecule has 0 fully saturated rings. The zero-order valence-corrected chi connectivity index (χ0v) is 16.0. The highest BCUT2D eigenvalue weighted by atomic mass is 19.1. The SMILES string of the molecule is Fc1ccccc1-c1ccnc2nc(-c3n[nH]c4cnc(-c5ccncc5)cc34)[nH]c12. The molecular weight excluding hydrogens is 393 g/mol. The number of halogens is 1. The summed E-state index contributed by atoms with van der Waals surface area (Å²) in [6, 6.07) is 14.2. The zero-order chi connectivity index (χ0) is 20.8. The second-order valence-electron chi connectivity index (χ2n) is 7.05. The van der Waals surface area contributed by atoms with Crippen LogP contribution in [0.15, 0.2) is 73.3 Å². The Hall–Kier alpha value is -4.46. The van der Waals surface area contributed by atoms with E-state index >= 15 is 0 Å². The van der Waals surface area contributed by atoms with Crippen LogP contribution in [0.25, 0.3) is 56.0 Å². The number of pyridine rings is 3. The van der Waals surface area contributed by atoms with Crippen LogP contribution in [0.3, 0.4) is 0 Å². The summed E-state index contributed by atoms with van der Waals surface area (Å²) in [4.78, 5) is 20.8. The van der Waals surface area contributed by atoms with Crippen LogP contribution in [0.2, 0.25) is 0 Å². The van der Waals surface area contributed by atoms with E-state index in [1.54, 1.807) is 49.1 Å². The van der Waals surface area contributed by atoms with Crippen molar-refractivity contribution in [2.24, 2.45) is 0 Å². The molecule has 5 heterocycles. The van der Waals surface area contributed by atoms with Crippen molar-refractivity contribution in [3.63, 3.8) is 0 Å². The summed E-state index contributed by atoms with van der Waals surface area (Å²) in [5.74, 6) is 0.244. The van der Waals surface area contributed by atoms with Gasteiger partial charge in [0.25, 0.3) is 0 Å². The average molecular weight is 407 g/mol. The lowest BCUT2D eigenvalue weighted by molar-refractivity contribution is 0.631. The van der Waals surface area contributed by atoms with Gasteiger partial charge in [-0.15, -0.1) is 0 Å². The summed E-state index contributed by atoms with van der Waals surface area (Å²) in [6.45, 7) is 0. The number of nitrogens with zero attached hydrogens (tertiary/aromatic N) is 5. The Kier molecular flexibility index (Phi) is 3.82. The summed E-state index contributed by atoms with van der Waals surface area (Å²) >= 11 is 0. The van der Waals surface area contributed by atoms with E-state index in [1.807, 2.05) is 18.2 Å². The van der Waals surface area contributed by atoms with Gasteiger partial charge in [0.1, 0.15) is 11.5 Å². The number of aromatic amines is 2. The minimum atomic E-state index is -0.301. The van der Waals surface area contributed by atoms with Gasteiger partial charge in [0.15, 0.2) is 11.5 Å². The Labute approximate surface area is 175 Å². The number of hydrogen-bond donors (Lipinski definition) is 2. The van der Waals surface area contributed by atoms with Gasteiger partial charge in [0.2, 0.25) is 0 Å². The third kappa shape index (κ3) is 2.84. The molecule has 8 heteroatoms. The fraction of sp³-hybridized carbons (Fsp3) is 0. The molecule has 31 heavy (non-hydrogen) atoms.